The molecule has 4 nitrogen and oxygen atoms in total. The maximum absolute atomic E-state index is 12.9. The van der Waals surface area contributed by atoms with Gasteiger partial charge in [0.1, 0.15) is 0 Å². The van der Waals surface area contributed by atoms with E-state index in [0.29, 0.717) is 0 Å². The average Bonchev–Trinajstić information content (AvgIpc) is 3.18. The van der Waals surface area contributed by atoms with E-state index in [9.17, 15) is 4.79 Å². The van der Waals surface area contributed by atoms with Crippen LogP contribution in [0.1, 0.15) is 33.5 Å². The van der Waals surface area contributed by atoms with Gasteiger partial charge in [0.15, 0.2) is 0 Å². The van der Waals surface area contributed by atoms with E-state index >= 15 is 0 Å². The van der Waals surface area contributed by atoms with E-state index < -0.39 is 0 Å². The molecule has 0 radical (unpaired) electrons. The Labute approximate surface area is 142 Å². The highest BCUT2D eigenvalue weighted by Crippen LogP contribution is 2.21. The van der Waals surface area contributed by atoms with Crippen molar-refractivity contribution in [1.82, 2.24) is 14.4 Å². The molecule has 3 heterocycles. The Morgan fingerprint density at radius 2 is 1.96 bits per heavy atom. The van der Waals surface area contributed by atoms with Crippen LogP contribution in [-0.4, -0.2) is 53.0 Å². The molecule has 1 amide bonds. The summed E-state index contributed by atoms with van der Waals surface area (Å²) in [7, 11) is 0. The minimum absolute atomic E-state index is 0.186. The number of amides is 1. The van der Waals surface area contributed by atoms with Gasteiger partial charge in [-0.2, -0.15) is 0 Å². The minimum Gasteiger partial charge on any atom is -0.343 e. The monoisotopic (exact) mass is 331 g/mol. The van der Waals surface area contributed by atoms with Crippen LogP contribution in [0, 0.1) is 13.8 Å². The summed E-state index contributed by atoms with van der Waals surface area (Å²) in [6.07, 6.45) is 0. The Kier molecular flexibility index (Phi) is 4.87. The van der Waals surface area contributed by atoms with Crippen molar-refractivity contribution in [3.63, 3.8) is 0 Å². The predicted octanol–water partition coefficient (Wildman–Crippen LogP) is 2.99. The molecule has 1 aliphatic heterocycles. The Bertz CT molecular complexity index is 667. The number of carbonyl (C=O) groups excluding carboxylic acids is 1. The number of piperazine rings is 1. The van der Waals surface area contributed by atoms with E-state index in [-0.39, 0.29) is 5.91 Å². The third kappa shape index (κ3) is 3.35. The number of carbonyl (C=O) groups is 1. The van der Waals surface area contributed by atoms with Gasteiger partial charge in [0.2, 0.25) is 0 Å². The quantitative estimate of drug-likeness (QED) is 0.862. The Morgan fingerprint density at radius 3 is 2.57 bits per heavy atom. The molecule has 0 unspecified atom stereocenters. The van der Waals surface area contributed by atoms with Crippen molar-refractivity contribution in [2.75, 3.05) is 32.7 Å². The molecule has 0 aliphatic carbocycles. The third-order valence-electron chi connectivity index (χ3n) is 4.80. The second kappa shape index (κ2) is 6.89. The summed E-state index contributed by atoms with van der Waals surface area (Å²) in [4.78, 5) is 18.6. The summed E-state index contributed by atoms with van der Waals surface area (Å²) in [5.41, 5.74) is 3.11. The number of thiophene rings is 1. The fraction of sp³-hybridized carbons (Fsp3) is 0.500. The van der Waals surface area contributed by atoms with Crippen molar-refractivity contribution in [3.05, 3.63) is 45.4 Å². The Morgan fingerprint density at radius 1 is 1.22 bits per heavy atom. The zero-order chi connectivity index (χ0) is 16.4. The highest BCUT2D eigenvalue weighted by Gasteiger charge is 2.24. The second-order valence-electron chi connectivity index (χ2n) is 6.18. The van der Waals surface area contributed by atoms with Gasteiger partial charge in [-0.25, -0.2) is 0 Å². The van der Waals surface area contributed by atoms with Crippen LogP contribution in [0.3, 0.4) is 0 Å². The first kappa shape index (κ1) is 16.3. The SMILES string of the molecule is CCN1CCN(C(=O)c2cc(C)n(Cc3cccs3)c2C)CC1. The summed E-state index contributed by atoms with van der Waals surface area (Å²) < 4.78 is 2.25. The van der Waals surface area contributed by atoms with Crippen LogP contribution in [0.4, 0.5) is 0 Å². The molecule has 2 aromatic rings. The normalized spacial score (nSPS) is 16.0. The molecular formula is C18H25N3OS. The van der Waals surface area contributed by atoms with Gasteiger partial charge in [0.25, 0.3) is 5.91 Å². The smallest absolute Gasteiger partial charge is 0.255 e. The highest BCUT2D eigenvalue weighted by molar-refractivity contribution is 7.09. The summed E-state index contributed by atoms with van der Waals surface area (Å²) in [6, 6.07) is 6.28. The zero-order valence-corrected chi connectivity index (χ0v) is 15.0. The number of nitrogens with zero attached hydrogens (tertiary/aromatic N) is 3. The molecule has 0 saturated carbocycles. The topological polar surface area (TPSA) is 28.5 Å². The molecule has 0 bridgehead atoms. The molecule has 0 aromatic carbocycles. The number of hydrogen-bond acceptors (Lipinski definition) is 3. The van der Waals surface area contributed by atoms with Crippen molar-refractivity contribution in [1.29, 1.82) is 0 Å². The molecule has 124 valence electrons. The van der Waals surface area contributed by atoms with Gasteiger partial charge in [-0.3, -0.25) is 4.79 Å². The highest BCUT2D eigenvalue weighted by atomic mass is 32.1. The van der Waals surface area contributed by atoms with Crippen LogP contribution in [-0.2, 0) is 6.54 Å². The third-order valence-corrected chi connectivity index (χ3v) is 5.67. The molecule has 5 heteroatoms. The molecule has 0 spiro atoms. The fourth-order valence-electron chi connectivity index (χ4n) is 3.26. The summed E-state index contributed by atoms with van der Waals surface area (Å²) in [5.74, 6) is 0.186. The molecule has 3 rings (SSSR count). The number of aromatic nitrogens is 1. The van der Waals surface area contributed by atoms with E-state index in [0.717, 1.165) is 56.2 Å². The van der Waals surface area contributed by atoms with Gasteiger partial charge in [-0.15, -0.1) is 11.3 Å². The average molecular weight is 331 g/mol. The van der Waals surface area contributed by atoms with Crippen LogP contribution >= 0.6 is 11.3 Å². The first-order valence-corrected chi connectivity index (χ1v) is 9.19. The van der Waals surface area contributed by atoms with Gasteiger partial charge in [-0.1, -0.05) is 13.0 Å². The van der Waals surface area contributed by atoms with Crippen molar-refractivity contribution in [3.8, 4) is 0 Å². The van der Waals surface area contributed by atoms with E-state index in [1.165, 1.54) is 4.88 Å². The summed E-state index contributed by atoms with van der Waals surface area (Å²) in [6.45, 7) is 11.9. The molecule has 1 saturated heterocycles. The van der Waals surface area contributed by atoms with Gasteiger partial charge in [0, 0.05) is 42.4 Å². The number of likely N-dealkylation sites (N-methyl/N-ethyl adjacent to an activating group) is 1. The van der Waals surface area contributed by atoms with Gasteiger partial charge >= 0.3 is 0 Å². The maximum atomic E-state index is 12.9. The largest absolute Gasteiger partial charge is 0.343 e. The van der Waals surface area contributed by atoms with E-state index in [1.54, 1.807) is 11.3 Å². The zero-order valence-electron chi connectivity index (χ0n) is 14.2. The van der Waals surface area contributed by atoms with Gasteiger partial charge < -0.3 is 14.4 Å². The van der Waals surface area contributed by atoms with Crippen molar-refractivity contribution < 1.29 is 4.79 Å². The lowest BCUT2D eigenvalue weighted by molar-refractivity contribution is 0.0642. The molecule has 23 heavy (non-hydrogen) atoms. The van der Waals surface area contributed by atoms with E-state index in [2.05, 4.69) is 53.8 Å². The minimum atomic E-state index is 0.186. The second-order valence-corrected chi connectivity index (χ2v) is 7.21. The summed E-state index contributed by atoms with van der Waals surface area (Å²) >= 11 is 1.76. The molecule has 1 aliphatic rings. The van der Waals surface area contributed by atoms with Crippen molar-refractivity contribution >= 4 is 17.2 Å². The lowest BCUT2D eigenvalue weighted by Crippen LogP contribution is -2.48. The van der Waals surface area contributed by atoms with Crippen LogP contribution in [0.15, 0.2) is 23.6 Å². The first-order chi connectivity index (χ1) is 11.1. The molecule has 2 aromatic heterocycles. The number of aryl methyl sites for hydroxylation is 1. The van der Waals surface area contributed by atoms with Crippen molar-refractivity contribution in [2.45, 2.75) is 27.3 Å². The van der Waals surface area contributed by atoms with Crippen LogP contribution in [0.2, 0.25) is 0 Å². The van der Waals surface area contributed by atoms with Gasteiger partial charge in [-0.05, 0) is 37.9 Å². The summed E-state index contributed by atoms with van der Waals surface area (Å²) in [5, 5.41) is 2.10. The molecule has 1 fully saturated rings. The number of hydrogen-bond donors (Lipinski definition) is 0. The van der Waals surface area contributed by atoms with Gasteiger partial charge in [0.05, 0.1) is 12.1 Å². The maximum Gasteiger partial charge on any atom is 0.255 e. The number of rotatable bonds is 4. The van der Waals surface area contributed by atoms with Crippen molar-refractivity contribution in [2.24, 2.45) is 0 Å². The molecule has 0 N–H and O–H groups in total. The Balaban J connectivity index is 1.76. The predicted molar refractivity (Wildman–Crippen MR) is 95.3 cm³/mol. The molecular weight excluding hydrogens is 306 g/mol. The fourth-order valence-corrected chi connectivity index (χ4v) is 3.95. The Hall–Kier alpha value is -1.59. The first-order valence-electron chi connectivity index (χ1n) is 8.31. The molecule has 0 atom stereocenters. The lowest BCUT2D eigenvalue weighted by atomic mass is 10.2. The van der Waals surface area contributed by atoms with E-state index in [1.807, 2.05) is 4.90 Å². The van der Waals surface area contributed by atoms with Crippen LogP contribution in [0.5, 0.6) is 0 Å². The van der Waals surface area contributed by atoms with Crippen LogP contribution < -0.4 is 0 Å². The van der Waals surface area contributed by atoms with E-state index in [4.69, 9.17) is 0 Å². The standard InChI is InChI=1S/C18H25N3OS/c1-4-19-7-9-20(10-8-19)18(22)17-12-14(2)21(15(17)3)13-16-6-5-11-23-16/h5-6,11-12H,4,7-10,13H2,1-3H3. The lowest BCUT2D eigenvalue weighted by Gasteiger charge is -2.34. The van der Waals surface area contributed by atoms with Crippen LogP contribution in [0.25, 0.3) is 0 Å².